The molecule has 2 rings (SSSR count). The minimum absolute atomic E-state index is 0.0111. The molecule has 0 radical (unpaired) electrons. The van der Waals surface area contributed by atoms with E-state index in [0.717, 1.165) is 0 Å². The third-order valence-corrected chi connectivity index (χ3v) is 2.92. The van der Waals surface area contributed by atoms with E-state index in [4.69, 9.17) is 4.74 Å². The van der Waals surface area contributed by atoms with Crippen LogP contribution in [0.1, 0.15) is 10.4 Å². The van der Waals surface area contributed by atoms with Crippen molar-refractivity contribution in [2.45, 2.75) is 0 Å². The number of benzene rings is 2. The molecule has 6 nitrogen and oxygen atoms in total. The number of ether oxygens (including phenoxy) is 1. The molecular weight excluding hydrogens is 284 g/mol. The van der Waals surface area contributed by atoms with Crippen LogP contribution in [0, 0.1) is 10.1 Å². The predicted molar refractivity (Wildman–Crippen MR) is 82.5 cm³/mol. The van der Waals surface area contributed by atoms with Gasteiger partial charge < -0.3 is 9.64 Å². The molecule has 0 bridgehead atoms. The highest BCUT2D eigenvalue weighted by molar-refractivity contribution is 5.97. The van der Waals surface area contributed by atoms with E-state index in [0.29, 0.717) is 23.6 Å². The van der Waals surface area contributed by atoms with Gasteiger partial charge in [-0.2, -0.15) is 0 Å². The minimum atomic E-state index is -0.463. The van der Waals surface area contributed by atoms with E-state index >= 15 is 0 Å². The summed E-state index contributed by atoms with van der Waals surface area (Å²) in [6.45, 7) is 0.350. The first-order chi connectivity index (χ1) is 10.5. The zero-order valence-corrected chi connectivity index (χ0v) is 12.4. The van der Waals surface area contributed by atoms with Crippen LogP contribution in [0.4, 0.5) is 5.69 Å². The monoisotopic (exact) mass is 300 g/mol. The van der Waals surface area contributed by atoms with Gasteiger partial charge in [0.15, 0.2) is 5.78 Å². The van der Waals surface area contributed by atoms with Crippen LogP contribution in [0.15, 0.2) is 48.5 Å². The lowest BCUT2D eigenvalue weighted by molar-refractivity contribution is -0.384. The van der Waals surface area contributed by atoms with Crippen molar-refractivity contribution in [3.8, 4) is 11.5 Å². The molecule has 0 aliphatic heterocycles. The van der Waals surface area contributed by atoms with Gasteiger partial charge in [-0.05, 0) is 50.5 Å². The topological polar surface area (TPSA) is 72.7 Å². The Morgan fingerprint density at radius 1 is 1.05 bits per heavy atom. The second-order valence-corrected chi connectivity index (χ2v) is 5.04. The molecule has 22 heavy (non-hydrogen) atoms. The number of nitro groups is 1. The number of non-ortho nitro benzene ring substituents is 1. The Morgan fingerprint density at radius 3 is 2.00 bits per heavy atom. The molecule has 0 aromatic heterocycles. The second-order valence-electron chi connectivity index (χ2n) is 5.04. The first kappa shape index (κ1) is 15.7. The highest BCUT2D eigenvalue weighted by Gasteiger charge is 2.08. The molecule has 0 saturated carbocycles. The molecule has 114 valence electrons. The van der Waals surface area contributed by atoms with Crippen molar-refractivity contribution in [1.82, 2.24) is 4.90 Å². The number of hydrogen-bond acceptors (Lipinski definition) is 5. The summed E-state index contributed by atoms with van der Waals surface area (Å²) >= 11 is 0. The molecule has 0 amide bonds. The lowest BCUT2D eigenvalue weighted by Crippen LogP contribution is -2.21. The lowest BCUT2D eigenvalue weighted by Gasteiger charge is -2.09. The van der Waals surface area contributed by atoms with Crippen molar-refractivity contribution in [1.29, 1.82) is 0 Å². The van der Waals surface area contributed by atoms with Crippen molar-refractivity contribution >= 4 is 11.5 Å². The SMILES string of the molecule is CN(C)CC(=O)c1ccc(Oc2ccc([N+](=O)[O-])cc2)cc1. The molecule has 0 aliphatic carbocycles. The summed E-state index contributed by atoms with van der Waals surface area (Å²) in [5.41, 5.74) is 0.627. The van der Waals surface area contributed by atoms with Gasteiger partial charge >= 0.3 is 0 Å². The Morgan fingerprint density at radius 2 is 1.55 bits per heavy atom. The van der Waals surface area contributed by atoms with Gasteiger partial charge in [-0.15, -0.1) is 0 Å². The van der Waals surface area contributed by atoms with Crippen molar-refractivity contribution in [2.75, 3.05) is 20.6 Å². The summed E-state index contributed by atoms with van der Waals surface area (Å²) in [6, 6.07) is 12.6. The quantitative estimate of drug-likeness (QED) is 0.465. The molecular formula is C16H16N2O4. The second kappa shape index (κ2) is 6.82. The normalized spacial score (nSPS) is 10.5. The van der Waals surface area contributed by atoms with Gasteiger partial charge in [-0.3, -0.25) is 14.9 Å². The molecule has 0 spiro atoms. The van der Waals surface area contributed by atoms with E-state index in [-0.39, 0.29) is 11.5 Å². The van der Waals surface area contributed by atoms with Crippen LogP contribution in [0.25, 0.3) is 0 Å². The van der Waals surface area contributed by atoms with Crippen molar-refractivity contribution in [3.05, 3.63) is 64.2 Å². The first-order valence-electron chi connectivity index (χ1n) is 6.66. The first-order valence-corrected chi connectivity index (χ1v) is 6.66. The van der Waals surface area contributed by atoms with Gasteiger partial charge in [-0.25, -0.2) is 0 Å². The predicted octanol–water partition coefficient (Wildman–Crippen LogP) is 3.13. The maximum Gasteiger partial charge on any atom is 0.269 e. The van der Waals surface area contributed by atoms with Gasteiger partial charge in [0.05, 0.1) is 11.5 Å². The molecule has 0 unspecified atom stereocenters. The maximum atomic E-state index is 11.9. The van der Waals surface area contributed by atoms with Crippen molar-refractivity contribution < 1.29 is 14.5 Å². The van der Waals surface area contributed by atoms with Crippen LogP contribution in [0.5, 0.6) is 11.5 Å². The van der Waals surface area contributed by atoms with E-state index in [1.807, 2.05) is 19.0 Å². The lowest BCUT2D eigenvalue weighted by atomic mass is 10.1. The Labute approximate surface area is 128 Å². The zero-order chi connectivity index (χ0) is 16.1. The molecule has 0 aliphatic rings. The van der Waals surface area contributed by atoms with E-state index in [1.165, 1.54) is 24.3 Å². The number of nitrogens with zero attached hydrogens (tertiary/aromatic N) is 2. The molecule has 0 heterocycles. The molecule has 6 heteroatoms. The van der Waals surface area contributed by atoms with Crippen LogP contribution >= 0.6 is 0 Å². The van der Waals surface area contributed by atoms with Crippen molar-refractivity contribution in [2.24, 2.45) is 0 Å². The zero-order valence-electron chi connectivity index (χ0n) is 12.4. The van der Waals surface area contributed by atoms with Gasteiger partial charge in [0.2, 0.25) is 0 Å². The van der Waals surface area contributed by atoms with E-state index in [1.54, 1.807) is 24.3 Å². The number of Topliss-reactive ketones (excluding diaryl/α,β-unsaturated/α-hetero) is 1. The van der Waals surface area contributed by atoms with Gasteiger partial charge in [-0.1, -0.05) is 0 Å². The Kier molecular flexibility index (Phi) is 4.85. The van der Waals surface area contributed by atoms with Gasteiger partial charge in [0.1, 0.15) is 11.5 Å². The summed E-state index contributed by atoms with van der Waals surface area (Å²) in [5.74, 6) is 1.10. The summed E-state index contributed by atoms with van der Waals surface area (Å²) in [7, 11) is 3.67. The molecule has 0 N–H and O–H groups in total. The van der Waals surface area contributed by atoms with E-state index < -0.39 is 4.92 Å². The molecule has 0 saturated heterocycles. The number of carbonyl (C=O) groups excluding carboxylic acids is 1. The Balaban J connectivity index is 2.04. The Bertz CT molecular complexity index is 664. The van der Waals surface area contributed by atoms with Crippen LogP contribution in [-0.2, 0) is 0 Å². The highest BCUT2D eigenvalue weighted by Crippen LogP contribution is 2.24. The van der Waals surface area contributed by atoms with Crippen molar-refractivity contribution in [3.63, 3.8) is 0 Å². The van der Waals surface area contributed by atoms with Crippen LogP contribution in [0.2, 0.25) is 0 Å². The van der Waals surface area contributed by atoms with E-state index in [9.17, 15) is 14.9 Å². The number of carbonyl (C=O) groups is 1. The van der Waals surface area contributed by atoms with Crippen LogP contribution in [0.3, 0.4) is 0 Å². The van der Waals surface area contributed by atoms with Crippen LogP contribution < -0.4 is 4.74 Å². The summed E-state index contributed by atoms with van der Waals surface area (Å²) < 4.78 is 5.58. The average Bonchev–Trinajstić information content (AvgIpc) is 2.48. The summed E-state index contributed by atoms with van der Waals surface area (Å²) in [6.07, 6.45) is 0. The fraction of sp³-hybridized carbons (Fsp3) is 0.188. The number of hydrogen-bond donors (Lipinski definition) is 0. The minimum Gasteiger partial charge on any atom is -0.457 e. The highest BCUT2D eigenvalue weighted by atomic mass is 16.6. The fourth-order valence-electron chi connectivity index (χ4n) is 1.86. The molecule has 0 fully saturated rings. The number of rotatable bonds is 6. The fourth-order valence-corrected chi connectivity index (χ4v) is 1.86. The average molecular weight is 300 g/mol. The molecule has 2 aromatic rings. The Hall–Kier alpha value is -2.73. The maximum absolute atomic E-state index is 11.9. The smallest absolute Gasteiger partial charge is 0.269 e. The molecule has 0 atom stereocenters. The third kappa shape index (κ3) is 4.13. The van der Waals surface area contributed by atoms with E-state index in [2.05, 4.69) is 0 Å². The largest absolute Gasteiger partial charge is 0.457 e. The van der Waals surface area contributed by atoms with Gasteiger partial charge in [0, 0.05) is 17.7 Å². The van der Waals surface area contributed by atoms with Crippen LogP contribution in [-0.4, -0.2) is 36.2 Å². The molecule has 2 aromatic carbocycles. The summed E-state index contributed by atoms with van der Waals surface area (Å²) in [4.78, 5) is 23.8. The number of nitro benzene ring substituents is 1. The standard InChI is InChI=1S/C16H16N2O4/c1-17(2)11-16(19)12-3-7-14(8-4-12)22-15-9-5-13(6-10-15)18(20)21/h3-10H,11H2,1-2H3. The third-order valence-electron chi connectivity index (χ3n) is 2.92. The van der Waals surface area contributed by atoms with Gasteiger partial charge in [0.25, 0.3) is 5.69 Å². The number of likely N-dealkylation sites (N-methyl/N-ethyl adjacent to an activating group) is 1. The number of ketones is 1. The summed E-state index contributed by atoms with van der Waals surface area (Å²) in [5, 5.41) is 10.6.